The van der Waals surface area contributed by atoms with Crippen molar-refractivity contribution in [2.75, 3.05) is 43.2 Å². The van der Waals surface area contributed by atoms with Gasteiger partial charge in [-0.25, -0.2) is 0 Å². The van der Waals surface area contributed by atoms with Crippen molar-refractivity contribution in [3.8, 4) is 0 Å². The Labute approximate surface area is 123 Å². The van der Waals surface area contributed by atoms with E-state index in [0.29, 0.717) is 25.4 Å². The number of amides is 1. The van der Waals surface area contributed by atoms with Gasteiger partial charge in [0, 0.05) is 25.3 Å². The van der Waals surface area contributed by atoms with Crippen LogP contribution in [0.5, 0.6) is 0 Å². The Morgan fingerprint density at radius 1 is 1.10 bits per heavy atom. The van der Waals surface area contributed by atoms with Gasteiger partial charge in [-0.2, -0.15) is 0 Å². The second-order valence-corrected chi connectivity index (χ2v) is 5.09. The fourth-order valence-electron chi connectivity index (χ4n) is 2.69. The van der Waals surface area contributed by atoms with Crippen LogP contribution < -0.4 is 10.4 Å². The fourth-order valence-corrected chi connectivity index (χ4v) is 2.69. The Bertz CT molecular complexity index is 536. The van der Waals surface area contributed by atoms with Gasteiger partial charge in [-0.15, -0.1) is 0 Å². The van der Waals surface area contributed by atoms with Gasteiger partial charge in [-0.1, -0.05) is 6.08 Å². The van der Waals surface area contributed by atoms with Gasteiger partial charge in [0.2, 0.25) is 0 Å². The number of hydrogen-bond donors (Lipinski definition) is 2. The van der Waals surface area contributed by atoms with Gasteiger partial charge in [0.15, 0.2) is 0 Å². The standard InChI is InChI=1S/C15H19N3O3/c19-15-14(17-8-10-21-11-9-17)2-1-7-18(15)13-5-3-12(16-20)4-6-13/h2-6,16,20H,1,7-11H2. The van der Waals surface area contributed by atoms with Crippen molar-refractivity contribution in [3.05, 3.63) is 36.0 Å². The van der Waals surface area contributed by atoms with Crippen LogP contribution in [0.25, 0.3) is 0 Å². The lowest BCUT2D eigenvalue weighted by Gasteiger charge is -2.35. The van der Waals surface area contributed by atoms with Crippen molar-refractivity contribution in [2.24, 2.45) is 0 Å². The number of hydrogen-bond acceptors (Lipinski definition) is 5. The first-order valence-corrected chi connectivity index (χ1v) is 7.14. The van der Waals surface area contributed by atoms with Crippen LogP contribution in [-0.2, 0) is 9.53 Å². The van der Waals surface area contributed by atoms with E-state index in [4.69, 9.17) is 9.94 Å². The van der Waals surface area contributed by atoms with Gasteiger partial charge < -0.3 is 14.5 Å². The van der Waals surface area contributed by atoms with Crippen LogP contribution in [0.4, 0.5) is 11.4 Å². The lowest BCUT2D eigenvalue weighted by atomic mass is 10.1. The number of carbonyl (C=O) groups is 1. The third-order valence-corrected chi connectivity index (χ3v) is 3.81. The molecule has 1 saturated heterocycles. The molecule has 0 atom stereocenters. The SMILES string of the molecule is O=C1C(N2CCOCC2)=CCCN1c1ccc(NO)cc1. The quantitative estimate of drug-likeness (QED) is 0.824. The maximum absolute atomic E-state index is 12.7. The molecule has 3 rings (SSSR count). The molecule has 0 saturated carbocycles. The van der Waals surface area contributed by atoms with Crippen molar-refractivity contribution >= 4 is 17.3 Å². The number of rotatable bonds is 3. The Balaban J connectivity index is 1.78. The van der Waals surface area contributed by atoms with E-state index >= 15 is 0 Å². The molecule has 0 unspecified atom stereocenters. The van der Waals surface area contributed by atoms with E-state index in [2.05, 4.69) is 10.4 Å². The molecule has 21 heavy (non-hydrogen) atoms. The summed E-state index contributed by atoms with van der Waals surface area (Å²) in [7, 11) is 0. The normalized spacial score (nSPS) is 19.5. The van der Waals surface area contributed by atoms with Gasteiger partial charge in [-0.3, -0.25) is 15.5 Å². The second-order valence-electron chi connectivity index (χ2n) is 5.09. The summed E-state index contributed by atoms with van der Waals surface area (Å²) < 4.78 is 5.34. The zero-order chi connectivity index (χ0) is 14.7. The van der Waals surface area contributed by atoms with Gasteiger partial charge in [0.05, 0.1) is 24.6 Å². The number of ether oxygens (including phenoxy) is 1. The van der Waals surface area contributed by atoms with E-state index in [9.17, 15) is 4.79 Å². The van der Waals surface area contributed by atoms with Gasteiger partial charge in [0.1, 0.15) is 0 Å². The van der Waals surface area contributed by atoms with Crippen molar-refractivity contribution in [3.63, 3.8) is 0 Å². The summed E-state index contributed by atoms with van der Waals surface area (Å²) in [5, 5.41) is 8.84. The summed E-state index contributed by atoms with van der Waals surface area (Å²) in [5.74, 6) is 0.0351. The lowest BCUT2D eigenvalue weighted by molar-refractivity contribution is -0.117. The Hall–Kier alpha value is -2.05. The summed E-state index contributed by atoms with van der Waals surface area (Å²) >= 11 is 0. The summed E-state index contributed by atoms with van der Waals surface area (Å²) in [5.41, 5.74) is 4.31. The highest BCUT2D eigenvalue weighted by molar-refractivity contribution is 6.06. The summed E-state index contributed by atoms with van der Waals surface area (Å²) in [6.45, 7) is 3.54. The smallest absolute Gasteiger partial charge is 0.274 e. The zero-order valence-electron chi connectivity index (χ0n) is 11.8. The van der Waals surface area contributed by atoms with E-state index in [1.807, 2.05) is 18.2 Å². The molecule has 6 heteroatoms. The lowest BCUT2D eigenvalue weighted by Crippen LogP contribution is -2.45. The van der Waals surface area contributed by atoms with Gasteiger partial charge in [0.25, 0.3) is 5.91 Å². The molecule has 0 bridgehead atoms. The average Bonchev–Trinajstić information content (AvgIpc) is 2.56. The van der Waals surface area contributed by atoms with Crippen LogP contribution in [0.3, 0.4) is 0 Å². The molecule has 1 aromatic carbocycles. The minimum atomic E-state index is 0.0351. The first-order chi connectivity index (χ1) is 10.3. The summed E-state index contributed by atoms with van der Waals surface area (Å²) in [6, 6.07) is 7.15. The zero-order valence-corrected chi connectivity index (χ0v) is 11.8. The molecule has 0 spiro atoms. The first-order valence-electron chi connectivity index (χ1n) is 7.14. The number of morpholine rings is 1. The molecular weight excluding hydrogens is 270 g/mol. The van der Waals surface area contributed by atoms with E-state index < -0.39 is 0 Å². The van der Waals surface area contributed by atoms with Crippen molar-refractivity contribution in [1.82, 2.24) is 4.90 Å². The molecule has 0 radical (unpaired) electrons. The fraction of sp³-hybridized carbons (Fsp3) is 0.400. The third-order valence-electron chi connectivity index (χ3n) is 3.81. The Morgan fingerprint density at radius 3 is 2.48 bits per heavy atom. The second kappa shape index (κ2) is 6.15. The van der Waals surface area contributed by atoms with Crippen LogP contribution in [0, 0.1) is 0 Å². The van der Waals surface area contributed by atoms with E-state index in [1.165, 1.54) is 0 Å². The maximum atomic E-state index is 12.7. The van der Waals surface area contributed by atoms with E-state index in [0.717, 1.165) is 30.9 Å². The molecule has 0 aromatic heterocycles. The first kappa shape index (κ1) is 13.9. The van der Waals surface area contributed by atoms with E-state index in [1.54, 1.807) is 17.0 Å². The molecule has 0 aliphatic carbocycles. The molecule has 6 nitrogen and oxygen atoms in total. The van der Waals surface area contributed by atoms with Crippen molar-refractivity contribution in [1.29, 1.82) is 0 Å². The minimum absolute atomic E-state index is 0.0351. The molecule has 1 aromatic rings. The number of nitrogens with one attached hydrogen (secondary N) is 1. The number of benzene rings is 1. The molecule has 2 N–H and O–H groups in total. The number of nitrogens with zero attached hydrogens (tertiary/aromatic N) is 2. The van der Waals surface area contributed by atoms with Crippen molar-refractivity contribution in [2.45, 2.75) is 6.42 Å². The van der Waals surface area contributed by atoms with Crippen LogP contribution in [0.1, 0.15) is 6.42 Å². The molecule has 2 heterocycles. The van der Waals surface area contributed by atoms with Gasteiger partial charge in [-0.05, 0) is 30.7 Å². The number of anilines is 2. The molecular formula is C15H19N3O3. The average molecular weight is 289 g/mol. The largest absolute Gasteiger partial charge is 0.378 e. The van der Waals surface area contributed by atoms with Crippen LogP contribution >= 0.6 is 0 Å². The molecule has 2 aliphatic rings. The Morgan fingerprint density at radius 2 is 1.81 bits per heavy atom. The molecule has 1 amide bonds. The minimum Gasteiger partial charge on any atom is -0.378 e. The summed E-state index contributed by atoms with van der Waals surface area (Å²) in [6.07, 6.45) is 2.87. The van der Waals surface area contributed by atoms with Crippen LogP contribution in [0.15, 0.2) is 36.0 Å². The van der Waals surface area contributed by atoms with Crippen LogP contribution in [0.2, 0.25) is 0 Å². The molecule has 2 aliphatic heterocycles. The van der Waals surface area contributed by atoms with Crippen molar-refractivity contribution < 1.29 is 14.7 Å². The predicted octanol–water partition coefficient (Wildman–Crippen LogP) is 1.44. The predicted molar refractivity (Wildman–Crippen MR) is 79.3 cm³/mol. The topological polar surface area (TPSA) is 65.0 Å². The highest BCUT2D eigenvalue weighted by atomic mass is 16.5. The van der Waals surface area contributed by atoms with Gasteiger partial charge >= 0.3 is 0 Å². The van der Waals surface area contributed by atoms with E-state index in [-0.39, 0.29) is 5.91 Å². The highest BCUT2D eigenvalue weighted by Crippen LogP contribution is 2.24. The Kier molecular flexibility index (Phi) is 4.08. The summed E-state index contributed by atoms with van der Waals surface area (Å²) in [4.78, 5) is 16.6. The maximum Gasteiger partial charge on any atom is 0.274 e. The molecule has 1 fully saturated rings. The van der Waals surface area contributed by atoms with Crippen LogP contribution in [-0.4, -0.2) is 48.9 Å². The molecule has 112 valence electrons. The highest BCUT2D eigenvalue weighted by Gasteiger charge is 2.28. The third kappa shape index (κ3) is 2.86. The monoisotopic (exact) mass is 289 g/mol. The number of carbonyl (C=O) groups excluding carboxylic acids is 1.